The molecular weight excluding hydrogens is 442 g/mol. The maximum atomic E-state index is 13.6. The molecule has 4 rings (SSSR count). The molecule has 32 heavy (non-hydrogen) atoms. The number of para-hydroxylation sites is 1. The maximum Gasteiger partial charge on any atom is 0.264 e. The van der Waals surface area contributed by atoms with E-state index in [0.29, 0.717) is 41.3 Å². The molecule has 2 aromatic carbocycles. The summed E-state index contributed by atoms with van der Waals surface area (Å²) in [6, 6.07) is 15.6. The highest BCUT2D eigenvalue weighted by Gasteiger charge is 2.32. The summed E-state index contributed by atoms with van der Waals surface area (Å²) in [5, 5.41) is 2.43. The van der Waals surface area contributed by atoms with Crippen LogP contribution in [0.5, 0.6) is 0 Å². The lowest BCUT2D eigenvalue weighted by Gasteiger charge is -2.34. The molecule has 2 unspecified atom stereocenters. The molecule has 1 aromatic heterocycles. The van der Waals surface area contributed by atoms with Crippen molar-refractivity contribution in [2.24, 2.45) is 11.8 Å². The zero-order valence-electron chi connectivity index (χ0n) is 18.4. The van der Waals surface area contributed by atoms with Gasteiger partial charge in [-0.25, -0.2) is 13.4 Å². The molecule has 1 amide bonds. The number of amides is 1. The average Bonchev–Trinajstić information content (AvgIpc) is 3.19. The number of benzene rings is 2. The van der Waals surface area contributed by atoms with Crippen molar-refractivity contribution < 1.29 is 13.2 Å². The van der Waals surface area contributed by atoms with Crippen molar-refractivity contribution in [1.82, 2.24) is 9.29 Å². The van der Waals surface area contributed by atoms with Crippen LogP contribution < -0.4 is 4.90 Å². The number of rotatable bonds is 5. The smallest absolute Gasteiger partial charge is 0.264 e. The van der Waals surface area contributed by atoms with Gasteiger partial charge in [-0.15, -0.1) is 11.3 Å². The van der Waals surface area contributed by atoms with Gasteiger partial charge in [-0.3, -0.25) is 9.69 Å². The van der Waals surface area contributed by atoms with Crippen LogP contribution in [0.4, 0.5) is 10.8 Å². The zero-order valence-corrected chi connectivity index (χ0v) is 20.1. The average molecular weight is 470 g/mol. The van der Waals surface area contributed by atoms with Gasteiger partial charge in [-0.2, -0.15) is 4.31 Å². The lowest BCUT2D eigenvalue weighted by Crippen LogP contribution is -2.42. The van der Waals surface area contributed by atoms with Gasteiger partial charge in [-0.05, 0) is 55.5 Å². The van der Waals surface area contributed by atoms with E-state index >= 15 is 0 Å². The van der Waals surface area contributed by atoms with Gasteiger partial charge in [0, 0.05) is 24.0 Å². The molecule has 0 radical (unpaired) electrons. The SMILES string of the molecule is Cc1csc(N(C(=O)c2cccc(S(=O)(=O)N3CC(C)CC(C)C3)c2)c2ccccc2)n1. The minimum Gasteiger partial charge on any atom is -0.268 e. The fraction of sp³-hybridized carbons (Fsp3) is 0.333. The molecule has 8 heteroatoms. The Bertz CT molecular complexity index is 1200. The lowest BCUT2D eigenvalue weighted by atomic mass is 9.94. The molecule has 1 aliphatic rings. The van der Waals surface area contributed by atoms with Crippen LogP contribution in [-0.2, 0) is 10.0 Å². The Labute approximate surface area is 193 Å². The molecule has 1 saturated heterocycles. The summed E-state index contributed by atoms with van der Waals surface area (Å²) >= 11 is 1.38. The van der Waals surface area contributed by atoms with Crippen LogP contribution in [0.15, 0.2) is 64.9 Å². The van der Waals surface area contributed by atoms with Gasteiger partial charge in [0.1, 0.15) is 0 Å². The number of nitrogens with zero attached hydrogens (tertiary/aromatic N) is 3. The summed E-state index contributed by atoms with van der Waals surface area (Å²) in [4.78, 5) is 19.8. The number of aromatic nitrogens is 1. The van der Waals surface area contributed by atoms with Gasteiger partial charge < -0.3 is 0 Å². The van der Waals surface area contributed by atoms with Crippen LogP contribution in [0.2, 0.25) is 0 Å². The quantitative estimate of drug-likeness (QED) is 0.521. The third-order valence-electron chi connectivity index (χ3n) is 5.57. The van der Waals surface area contributed by atoms with Crippen LogP contribution >= 0.6 is 11.3 Å². The fourth-order valence-electron chi connectivity index (χ4n) is 4.21. The molecule has 6 nitrogen and oxygen atoms in total. The standard InChI is InChI=1S/C24H27N3O3S2/c1-17-12-18(2)15-26(14-17)32(29,30)22-11-7-8-20(13-22)23(28)27(21-9-5-4-6-10-21)24-25-19(3)16-31-24/h4-11,13,16-18H,12,14-15H2,1-3H3. The van der Waals surface area contributed by atoms with Gasteiger partial charge in [0.2, 0.25) is 10.0 Å². The fourth-order valence-corrected chi connectivity index (χ4v) is 6.75. The van der Waals surface area contributed by atoms with E-state index in [1.165, 1.54) is 22.3 Å². The Kier molecular flexibility index (Phi) is 6.46. The van der Waals surface area contributed by atoms with E-state index in [1.807, 2.05) is 42.6 Å². The number of sulfonamides is 1. The maximum absolute atomic E-state index is 13.6. The first-order valence-electron chi connectivity index (χ1n) is 10.7. The highest BCUT2D eigenvalue weighted by Crippen LogP contribution is 2.31. The van der Waals surface area contributed by atoms with Crippen LogP contribution in [-0.4, -0.2) is 36.7 Å². The molecule has 0 spiro atoms. The van der Waals surface area contributed by atoms with E-state index < -0.39 is 10.0 Å². The summed E-state index contributed by atoms with van der Waals surface area (Å²) in [5.74, 6) is 0.295. The predicted octanol–water partition coefficient (Wildman–Crippen LogP) is 5.10. The summed E-state index contributed by atoms with van der Waals surface area (Å²) < 4.78 is 28.3. The molecule has 1 fully saturated rings. The number of carbonyl (C=O) groups is 1. The Morgan fingerprint density at radius 1 is 1.06 bits per heavy atom. The van der Waals surface area contributed by atoms with E-state index in [0.717, 1.165) is 12.1 Å². The van der Waals surface area contributed by atoms with E-state index in [9.17, 15) is 13.2 Å². The third kappa shape index (κ3) is 4.62. The largest absolute Gasteiger partial charge is 0.268 e. The number of piperidine rings is 1. The molecule has 0 bridgehead atoms. The lowest BCUT2D eigenvalue weighted by molar-refractivity contribution is 0.0999. The van der Waals surface area contributed by atoms with Gasteiger partial charge >= 0.3 is 0 Å². The molecule has 0 N–H and O–H groups in total. The van der Waals surface area contributed by atoms with Gasteiger partial charge in [0.15, 0.2) is 5.13 Å². The third-order valence-corrected chi connectivity index (χ3v) is 8.34. The number of hydrogen-bond donors (Lipinski definition) is 0. The molecule has 3 aromatic rings. The van der Waals surface area contributed by atoms with Crippen molar-refractivity contribution in [2.75, 3.05) is 18.0 Å². The Balaban J connectivity index is 1.70. The van der Waals surface area contributed by atoms with E-state index in [1.54, 1.807) is 22.5 Å². The molecule has 0 saturated carbocycles. The zero-order chi connectivity index (χ0) is 22.9. The Hall–Kier alpha value is -2.55. The Morgan fingerprint density at radius 2 is 1.75 bits per heavy atom. The monoisotopic (exact) mass is 469 g/mol. The summed E-state index contributed by atoms with van der Waals surface area (Å²) in [6.07, 6.45) is 1.02. The molecular formula is C24H27N3O3S2. The number of aryl methyl sites for hydroxylation is 1. The van der Waals surface area contributed by atoms with Crippen LogP contribution in [0.25, 0.3) is 0 Å². The Morgan fingerprint density at radius 3 is 2.38 bits per heavy atom. The number of hydrogen-bond acceptors (Lipinski definition) is 5. The molecule has 2 heterocycles. The van der Waals surface area contributed by atoms with Gasteiger partial charge in [-0.1, -0.05) is 38.1 Å². The number of anilines is 2. The van der Waals surface area contributed by atoms with Gasteiger partial charge in [0.05, 0.1) is 16.3 Å². The van der Waals surface area contributed by atoms with E-state index in [4.69, 9.17) is 0 Å². The van der Waals surface area contributed by atoms with Crippen molar-refractivity contribution in [1.29, 1.82) is 0 Å². The number of carbonyl (C=O) groups excluding carboxylic acids is 1. The van der Waals surface area contributed by atoms with Crippen LogP contribution in [0, 0.1) is 18.8 Å². The summed E-state index contributed by atoms with van der Waals surface area (Å²) in [6.45, 7) is 7.03. The van der Waals surface area contributed by atoms with Crippen LogP contribution in [0.3, 0.4) is 0 Å². The van der Waals surface area contributed by atoms with Crippen molar-refractivity contribution in [3.8, 4) is 0 Å². The van der Waals surface area contributed by atoms with Crippen molar-refractivity contribution in [3.63, 3.8) is 0 Å². The summed E-state index contributed by atoms with van der Waals surface area (Å²) in [7, 11) is -3.69. The topological polar surface area (TPSA) is 70.6 Å². The highest BCUT2D eigenvalue weighted by atomic mass is 32.2. The minimum atomic E-state index is -3.69. The van der Waals surface area contributed by atoms with E-state index in [-0.39, 0.29) is 10.8 Å². The predicted molar refractivity (Wildman–Crippen MR) is 128 cm³/mol. The van der Waals surface area contributed by atoms with Crippen molar-refractivity contribution in [2.45, 2.75) is 32.1 Å². The van der Waals surface area contributed by atoms with Crippen molar-refractivity contribution >= 4 is 38.1 Å². The molecule has 168 valence electrons. The van der Waals surface area contributed by atoms with Crippen molar-refractivity contribution in [3.05, 3.63) is 71.2 Å². The number of thiazole rings is 1. The second-order valence-corrected chi connectivity index (χ2v) is 11.3. The molecule has 1 aliphatic heterocycles. The highest BCUT2D eigenvalue weighted by molar-refractivity contribution is 7.89. The second kappa shape index (κ2) is 9.13. The molecule has 2 atom stereocenters. The first-order chi connectivity index (χ1) is 15.3. The second-order valence-electron chi connectivity index (χ2n) is 8.54. The summed E-state index contributed by atoms with van der Waals surface area (Å²) in [5.41, 5.74) is 1.81. The molecule has 0 aliphatic carbocycles. The van der Waals surface area contributed by atoms with Gasteiger partial charge in [0.25, 0.3) is 5.91 Å². The van der Waals surface area contributed by atoms with Crippen LogP contribution in [0.1, 0.15) is 36.3 Å². The first-order valence-corrected chi connectivity index (χ1v) is 13.0. The van der Waals surface area contributed by atoms with E-state index in [2.05, 4.69) is 18.8 Å². The normalized spacial score (nSPS) is 19.6. The first kappa shape index (κ1) is 22.6. The minimum absolute atomic E-state index is 0.146.